The molecule has 0 radical (unpaired) electrons. The Labute approximate surface area is 153 Å². The van der Waals surface area contributed by atoms with Gasteiger partial charge in [-0.1, -0.05) is 6.92 Å². The molecule has 0 saturated carbocycles. The van der Waals surface area contributed by atoms with E-state index in [2.05, 4.69) is 9.98 Å². The lowest BCUT2D eigenvalue weighted by molar-refractivity contribution is -0.0538. The first-order chi connectivity index (χ1) is 12.4. The van der Waals surface area contributed by atoms with Crippen molar-refractivity contribution in [2.45, 2.75) is 51.7 Å². The van der Waals surface area contributed by atoms with E-state index in [0.717, 1.165) is 0 Å². The van der Waals surface area contributed by atoms with E-state index >= 15 is 0 Å². The van der Waals surface area contributed by atoms with Crippen molar-refractivity contribution in [1.82, 2.24) is 9.55 Å². The van der Waals surface area contributed by atoms with Crippen LogP contribution < -0.4 is 11.2 Å². The number of nitrogens with one attached hydrogen (secondary N) is 1. The Morgan fingerprint density at radius 1 is 1.38 bits per heavy atom. The van der Waals surface area contributed by atoms with E-state index in [1.807, 2.05) is 20.5 Å². The zero-order valence-electron chi connectivity index (χ0n) is 15.7. The quantitative estimate of drug-likeness (QED) is 0.412. The molecule has 5 atom stereocenters. The average Bonchev–Trinajstić information content (AvgIpc) is 2.95. The van der Waals surface area contributed by atoms with Gasteiger partial charge in [-0.15, -0.1) is 0 Å². The van der Waals surface area contributed by atoms with Crippen molar-refractivity contribution in [3.8, 4) is 0 Å². The molecule has 1 aliphatic rings. The highest BCUT2D eigenvalue weighted by molar-refractivity contribution is 7.46. The number of nitrogens with zero attached hydrogens (tertiary/aromatic N) is 2. The largest absolute Gasteiger partial charge is 0.437 e. The van der Waals surface area contributed by atoms with Crippen LogP contribution in [0, 0.1) is 6.92 Å². The Bertz CT molecular complexity index is 733. The summed E-state index contributed by atoms with van der Waals surface area (Å²) in [7, 11) is 0.309. The van der Waals surface area contributed by atoms with Crippen LogP contribution in [0.25, 0.3) is 0 Å². The van der Waals surface area contributed by atoms with E-state index in [1.54, 1.807) is 6.92 Å². The lowest BCUT2D eigenvalue weighted by atomic mass is 10.1. The van der Waals surface area contributed by atoms with Gasteiger partial charge in [0.1, 0.15) is 12.2 Å². The van der Waals surface area contributed by atoms with E-state index in [-0.39, 0.29) is 6.10 Å². The van der Waals surface area contributed by atoms with Gasteiger partial charge >= 0.3 is 5.69 Å². The smallest absolute Gasteiger partial charge is 0.330 e. The Hall–Kier alpha value is -1.54. The molecule has 1 saturated heterocycles. The van der Waals surface area contributed by atoms with Crippen LogP contribution in [0.4, 0.5) is 0 Å². The van der Waals surface area contributed by atoms with Gasteiger partial charge in [-0.05, 0) is 20.3 Å². The molecule has 1 N–H and O–H groups in total. The minimum absolute atomic E-state index is 0.277. The van der Waals surface area contributed by atoms with Crippen LogP contribution in [0.15, 0.2) is 20.8 Å². The molecule has 1 aliphatic heterocycles. The fraction of sp³-hybridized carbons (Fsp3) is 0.688. The minimum Gasteiger partial charge on any atom is -0.437 e. The summed E-state index contributed by atoms with van der Waals surface area (Å²) in [6, 6.07) is 0. The average molecular weight is 387 g/mol. The molecule has 0 aliphatic carbocycles. The van der Waals surface area contributed by atoms with Crippen molar-refractivity contribution in [2.24, 2.45) is 4.99 Å². The summed E-state index contributed by atoms with van der Waals surface area (Å²) in [6.07, 6.45) is 1.61. The van der Waals surface area contributed by atoms with Gasteiger partial charge < -0.3 is 18.5 Å². The number of aromatic amines is 1. The zero-order chi connectivity index (χ0) is 19.3. The number of ether oxygens (including phenoxy) is 2. The van der Waals surface area contributed by atoms with Crippen LogP contribution in [-0.2, 0) is 18.5 Å². The van der Waals surface area contributed by atoms with Gasteiger partial charge in [0.2, 0.25) is 8.38 Å². The minimum atomic E-state index is -1.23. The maximum absolute atomic E-state index is 12.2. The lowest BCUT2D eigenvalue weighted by Gasteiger charge is -2.25. The summed E-state index contributed by atoms with van der Waals surface area (Å²) in [4.78, 5) is 30.1. The normalized spacial score (nSPS) is 27.1. The number of aromatic nitrogens is 2. The summed E-state index contributed by atoms with van der Waals surface area (Å²) in [5, 5.41) is 0. The number of rotatable bonds is 8. The molecule has 5 unspecified atom stereocenters. The highest BCUT2D eigenvalue weighted by Crippen LogP contribution is 2.43. The summed E-state index contributed by atoms with van der Waals surface area (Å²) >= 11 is 0. The summed E-state index contributed by atoms with van der Waals surface area (Å²) < 4.78 is 24.4. The number of hydrogen-bond acceptors (Lipinski definition) is 7. The third-order valence-electron chi connectivity index (χ3n) is 4.10. The lowest BCUT2D eigenvalue weighted by Crippen LogP contribution is -2.39. The van der Waals surface area contributed by atoms with Crippen LogP contribution in [-0.4, -0.2) is 54.6 Å². The van der Waals surface area contributed by atoms with Gasteiger partial charge in [0.15, 0.2) is 12.6 Å². The maximum Gasteiger partial charge on any atom is 0.330 e. The van der Waals surface area contributed by atoms with Crippen molar-refractivity contribution in [3.05, 3.63) is 32.6 Å². The molecule has 0 bridgehead atoms. The second-order valence-corrected chi connectivity index (χ2v) is 7.17. The van der Waals surface area contributed by atoms with Crippen LogP contribution in [0.2, 0.25) is 0 Å². The molecule has 0 spiro atoms. The van der Waals surface area contributed by atoms with Gasteiger partial charge in [-0.3, -0.25) is 19.3 Å². The third kappa shape index (κ3) is 4.59. The first-order valence-electron chi connectivity index (χ1n) is 8.48. The van der Waals surface area contributed by atoms with Gasteiger partial charge in [0.25, 0.3) is 5.56 Å². The van der Waals surface area contributed by atoms with Gasteiger partial charge in [-0.2, -0.15) is 0 Å². The Morgan fingerprint density at radius 2 is 2.12 bits per heavy atom. The van der Waals surface area contributed by atoms with E-state index in [4.69, 9.17) is 18.5 Å². The molecule has 0 amide bonds. The van der Waals surface area contributed by atoms with Crippen LogP contribution >= 0.6 is 8.38 Å². The molecule has 146 valence electrons. The van der Waals surface area contributed by atoms with Gasteiger partial charge in [0, 0.05) is 32.1 Å². The Kier molecular flexibility index (Phi) is 7.52. The predicted molar refractivity (Wildman–Crippen MR) is 98.9 cm³/mol. The number of hydrogen-bond donors (Lipinski definition) is 1. The number of H-pyrrole nitrogens is 1. The molecule has 1 fully saturated rings. The fourth-order valence-corrected chi connectivity index (χ4v) is 3.63. The zero-order valence-corrected chi connectivity index (χ0v) is 16.6. The first-order valence-corrected chi connectivity index (χ1v) is 10.1. The molecule has 10 heteroatoms. The van der Waals surface area contributed by atoms with Gasteiger partial charge in [-0.25, -0.2) is 4.79 Å². The first kappa shape index (κ1) is 20.8. The molecule has 0 aromatic carbocycles. The molecule has 9 nitrogen and oxygen atoms in total. The molecule has 1 aromatic heterocycles. The van der Waals surface area contributed by atoms with Crippen LogP contribution in [0.5, 0.6) is 0 Å². The van der Waals surface area contributed by atoms with Crippen molar-refractivity contribution >= 4 is 14.8 Å². The molecule has 2 rings (SSSR count). The van der Waals surface area contributed by atoms with Crippen molar-refractivity contribution < 1.29 is 18.5 Å². The van der Waals surface area contributed by atoms with Crippen LogP contribution in [0.1, 0.15) is 32.1 Å². The summed E-state index contributed by atoms with van der Waals surface area (Å²) in [5.41, 5.74) is -0.552. The monoisotopic (exact) mass is 387 g/mol. The number of aliphatic imine (C=N–C) groups is 1. The van der Waals surface area contributed by atoms with E-state index in [0.29, 0.717) is 18.5 Å². The van der Waals surface area contributed by atoms with E-state index < -0.39 is 38.1 Å². The molecular formula is C16H26N3O6P. The summed E-state index contributed by atoms with van der Waals surface area (Å²) in [5.74, 6) is 0. The fourth-order valence-electron chi connectivity index (χ4n) is 2.78. The van der Waals surface area contributed by atoms with Crippen molar-refractivity contribution in [2.75, 3.05) is 20.3 Å². The third-order valence-corrected chi connectivity index (χ3v) is 5.03. The van der Waals surface area contributed by atoms with Crippen molar-refractivity contribution in [3.63, 3.8) is 0 Å². The Balaban J connectivity index is 2.25. The highest BCUT2D eigenvalue weighted by atomic mass is 31.2. The highest BCUT2D eigenvalue weighted by Gasteiger charge is 2.47. The van der Waals surface area contributed by atoms with Crippen LogP contribution in [0.3, 0.4) is 0 Å². The standard InChI is InChI=1S/C16H26N3O6P/c1-6-11-12(25-26(5)23-9-17-7-2)13(22-4)15(24-11)19-8-10(3)14(20)18-16(19)21/h8-9,11-13,15H,6-7H2,1-5H3,(H,18,20,21). The summed E-state index contributed by atoms with van der Waals surface area (Å²) in [6.45, 7) is 7.95. The van der Waals surface area contributed by atoms with E-state index in [9.17, 15) is 9.59 Å². The topological polar surface area (TPSA) is 104 Å². The van der Waals surface area contributed by atoms with E-state index in [1.165, 1.54) is 24.3 Å². The van der Waals surface area contributed by atoms with Gasteiger partial charge in [0.05, 0.1) is 6.10 Å². The van der Waals surface area contributed by atoms with Crippen molar-refractivity contribution in [1.29, 1.82) is 0 Å². The number of methoxy groups -OCH3 is 1. The molecule has 1 aromatic rings. The number of aryl methyl sites for hydroxylation is 1. The molecular weight excluding hydrogens is 361 g/mol. The molecule has 2 heterocycles. The molecule has 26 heavy (non-hydrogen) atoms. The Morgan fingerprint density at radius 3 is 2.73 bits per heavy atom. The predicted octanol–water partition coefficient (Wildman–Crippen LogP) is 1.56. The SMILES string of the molecule is CCN=COP(C)OC1C(CC)OC(n2cc(C)c(=O)[nH]c2=O)C1OC. The maximum atomic E-state index is 12.2. The second-order valence-electron chi connectivity index (χ2n) is 5.87. The second kappa shape index (κ2) is 9.41.